The molecule has 4 nitrogen and oxygen atoms in total. The summed E-state index contributed by atoms with van der Waals surface area (Å²) in [5.74, 6) is 0.971. The Labute approximate surface area is 176 Å². The van der Waals surface area contributed by atoms with Gasteiger partial charge in [-0.15, -0.1) is 0 Å². The Morgan fingerprint density at radius 2 is 1.57 bits per heavy atom. The predicted molar refractivity (Wildman–Crippen MR) is 114 cm³/mol. The fourth-order valence-corrected chi connectivity index (χ4v) is 5.05. The second-order valence-electron chi connectivity index (χ2n) is 7.89. The summed E-state index contributed by atoms with van der Waals surface area (Å²) in [4.78, 5) is 17.3. The summed E-state index contributed by atoms with van der Waals surface area (Å²) in [5.41, 5.74) is 7.96. The number of nitrogens with two attached hydrogens (primary N) is 1. The predicted octanol–water partition coefficient (Wildman–Crippen LogP) is 4.09. The number of nitrogens with zero attached hydrogens (tertiary/aromatic N) is 2. The van der Waals surface area contributed by atoms with Crippen LogP contribution in [0.15, 0.2) is 48.5 Å². The molecule has 0 spiro atoms. The summed E-state index contributed by atoms with van der Waals surface area (Å²) in [5, 5.41) is 0.845. The number of carbonyl (C=O) groups is 1. The summed E-state index contributed by atoms with van der Waals surface area (Å²) >= 11 is 12.4. The number of hydrogen-bond acceptors (Lipinski definition) is 3. The molecule has 28 heavy (non-hydrogen) atoms. The molecule has 2 aromatic carbocycles. The highest BCUT2D eigenvalue weighted by molar-refractivity contribution is 6.39. The fraction of sp³-hybridized carbons (Fsp3) is 0.409. The third-order valence-corrected chi connectivity index (χ3v) is 6.64. The number of hydrogen-bond donors (Lipinski definition) is 1. The number of likely N-dealkylation sites (tertiary alicyclic amines) is 2. The zero-order chi connectivity index (χ0) is 19.7. The smallest absolute Gasteiger partial charge is 0.256 e. The largest absolute Gasteiger partial charge is 0.338 e. The number of amides is 1. The Hall–Kier alpha value is -1.59. The average Bonchev–Trinajstić information content (AvgIpc) is 3.25. The van der Waals surface area contributed by atoms with Crippen LogP contribution < -0.4 is 5.73 Å². The molecular weight excluding hydrogens is 393 g/mol. The summed E-state index contributed by atoms with van der Waals surface area (Å²) in [6.07, 6.45) is 0.946. The molecule has 6 heteroatoms. The normalized spacial score (nSPS) is 23.0. The standard InChI is InChI=1S/C22H25Cl2N3O/c23-18-7-4-8-19(24)21(18)22(28)27-13-16-11-26(12-17(16)14-27)10-9-20(25)15-5-2-1-3-6-15/h1-8,16-17,20H,9-14,25H2/t16?,17?,20-/m0/s1. The van der Waals surface area contributed by atoms with Crippen LogP contribution in [0, 0.1) is 11.8 Å². The van der Waals surface area contributed by atoms with Crippen LogP contribution in [0.25, 0.3) is 0 Å². The van der Waals surface area contributed by atoms with Crippen molar-refractivity contribution in [1.82, 2.24) is 9.80 Å². The number of rotatable bonds is 5. The van der Waals surface area contributed by atoms with Crippen molar-refractivity contribution in [3.63, 3.8) is 0 Å². The van der Waals surface area contributed by atoms with Gasteiger partial charge in [-0.3, -0.25) is 4.79 Å². The second kappa shape index (κ2) is 8.42. The maximum absolute atomic E-state index is 12.9. The molecule has 0 radical (unpaired) electrons. The van der Waals surface area contributed by atoms with E-state index in [4.69, 9.17) is 28.9 Å². The lowest BCUT2D eigenvalue weighted by atomic mass is 10.0. The van der Waals surface area contributed by atoms with Crippen LogP contribution >= 0.6 is 23.2 Å². The number of halogens is 2. The first-order valence-electron chi connectivity index (χ1n) is 9.79. The molecule has 2 unspecified atom stereocenters. The van der Waals surface area contributed by atoms with Crippen molar-refractivity contribution in [1.29, 1.82) is 0 Å². The first-order valence-corrected chi connectivity index (χ1v) is 10.5. The average molecular weight is 418 g/mol. The van der Waals surface area contributed by atoms with Crippen molar-refractivity contribution >= 4 is 29.1 Å². The second-order valence-corrected chi connectivity index (χ2v) is 8.71. The number of carbonyl (C=O) groups excluding carboxylic acids is 1. The fourth-order valence-electron chi connectivity index (χ4n) is 4.49. The van der Waals surface area contributed by atoms with Crippen LogP contribution in [-0.2, 0) is 0 Å². The van der Waals surface area contributed by atoms with Gasteiger partial charge in [0.2, 0.25) is 0 Å². The number of fused-ring (bicyclic) bond motifs is 1. The topological polar surface area (TPSA) is 49.6 Å². The zero-order valence-corrected chi connectivity index (χ0v) is 17.2. The van der Waals surface area contributed by atoms with Crippen LogP contribution in [0.1, 0.15) is 28.4 Å². The van der Waals surface area contributed by atoms with Crippen molar-refractivity contribution < 1.29 is 4.79 Å². The van der Waals surface area contributed by atoms with Gasteiger partial charge < -0.3 is 15.5 Å². The number of benzene rings is 2. The molecule has 0 saturated carbocycles. The van der Waals surface area contributed by atoms with E-state index in [2.05, 4.69) is 17.0 Å². The van der Waals surface area contributed by atoms with Crippen LogP contribution in [0.4, 0.5) is 0 Å². The summed E-state index contributed by atoms with van der Waals surface area (Å²) in [7, 11) is 0. The van der Waals surface area contributed by atoms with Crippen LogP contribution in [-0.4, -0.2) is 48.4 Å². The first kappa shape index (κ1) is 19.7. The van der Waals surface area contributed by atoms with E-state index < -0.39 is 0 Å². The molecule has 0 aliphatic carbocycles. The lowest BCUT2D eigenvalue weighted by Crippen LogP contribution is -2.34. The Bertz CT molecular complexity index is 811. The van der Waals surface area contributed by atoms with E-state index in [0.29, 0.717) is 27.4 Å². The molecular formula is C22H25Cl2N3O. The molecule has 2 N–H and O–H groups in total. The van der Waals surface area contributed by atoms with Gasteiger partial charge in [-0.05, 0) is 42.5 Å². The minimum atomic E-state index is -0.0531. The van der Waals surface area contributed by atoms with Gasteiger partial charge >= 0.3 is 0 Å². The van der Waals surface area contributed by atoms with Crippen LogP contribution in [0.5, 0.6) is 0 Å². The SMILES string of the molecule is N[C@@H](CCN1CC2CN(C(=O)c3c(Cl)cccc3Cl)CC2C1)c1ccccc1. The van der Waals surface area contributed by atoms with E-state index in [0.717, 1.165) is 39.1 Å². The van der Waals surface area contributed by atoms with Crippen LogP contribution in [0.3, 0.4) is 0 Å². The Morgan fingerprint density at radius 3 is 2.18 bits per heavy atom. The highest BCUT2D eigenvalue weighted by Crippen LogP contribution is 2.34. The molecule has 3 atom stereocenters. The molecule has 1 amide bonds. The Kier molecular flexibility index (Phi) is 5.93. The maximum Gasteiger partial charge on any atom is 0.256 e. The van der Waals surface area contributed by atoms with Crippen LogP contribution in [0.2, 0.25) is 10.0 Å². The molecule has 2 aromatic rings. The first-order chi connectivity index (χ1) is 13.5. The van der Waals surface area contributed by atoms with Gasteiger partial charge in [0.1, 0.15) is 0 Å². The molecule has 148 valence electrons. The van der Waals surface area contributed by atoms with E-state index in [1.165, 1.54) is 5.56 Å². The van der Waals surface area contributed by atoms with E-state index in [1.54, 1.807) is 18.2 Å². The Morgan fingerprint density at radius 1 is 0.964 bits per heavy atom. The molecule has 0 bridgehead atoms. The molecule has 2 heterocycles. The minimum Gasteiger partial charge on any atom is -0.338 e. The van der Waals surface area contributed by atoms with E-state index in [-0.39, 0.29) is 11.9 Å². The lowest BCUT2D eigenvalue weighted by molar-refractivity contribution is 0.0774. The molecule has 2 aliphatic heterocycles. The highest BCUT2D eigenvalue weighted by Gasteiger charge is 2.42. The van der Waals surface area contributed by atoms with Crippen molar-refractivity contribution in [3.05, 3.63) is 69.7 Å². The summed E-state index contributed by atoms with van der Waals surface area (Å²) in [6, 6.07) is 15.5. The van der Waals surface area contributed by atoms with Gasteiger partial charge in [0, 0.05) is 32.2 Å². The zero-order valence-electron chi connectivity index (χ0n) is 15.7. The Balaban J connectivity index is 1.31. The van der Waals surface area contributed by atoms with Gasteiger partial charge in [0.05, 0.1) is 15.6 Å². The molecule has 2 aliphatic rings. The van der Waals surface area contributed by atoms with E-state index in [9.17, 15) is 4.79 Å². The minimum absolute atomic E-state index is 0.0531. The molecule has 0 aromatic heterocycles. The van der Waals surface area contributed by atoms with Crippen molar-refractivity contribution in [3.8, 4) is 0 Å². The van der Waals surface area contributed by atoms with Gasteiger partial charge in [-0.25, -0.2) is 0 Å². The third kappa shape index (κ3) is 4.06. The van der Waals surface area contributed by atoms with E-state index in [1.807, 2.05) is 23.1 Å². The van der Waals surface area contributed by atoms with E-state index >= 15 is 0 Å². The lowest BCUT2D eigenvalue weighted by Gasteiger charge is -2.23. The highest BCUT2D eigenvalue weighted by atomic mass is 35.5. The summed E-state index contributed by atoms with van der Waals surface area (Å²) < 4.78 is 0. The quantitative estimate of drug-likeness (QED) is 0.796. The maximum atomic E-state index is 12.9. The van der Waals surface area contributed by atoms with Gasteiger partial charge in [-0.2, -0.15) is 0 Å². The monoisotopic (exact) mass is 417 g/mol. The molecule has 2 fully saturated rings. The molecule has 4 rings (SSSR count). The van der Waals surface area contributed by atoms with Gasteiger partial charge in [0.15, 0.2) is 0 Å². The van der Waals surface area contributed by atoms with Crippen molar-refractivity contribution in [2.24, 2.45) is 17.6 Å². The molecule has 2 saturated heterocycles. The summed E-state index contributed by atoms with van der Waals surface area (Å²) in [6.45, 7) is 4.57. The van der Waals surface area contributed by atoms with Crippen molar-refractivity contribution in [2.45, 2.75) is 12.5 Å². The van der Waals surface area contributed by atoms with Crippen molar-refractivity contribution in [2.75, 3.05) is 32.7 Å². The third-order valence-electron chi connectivity index (χ3n) is 6.01. The van der Waals surface area contributed by atoms with Gasteiger partial charge in [-0.1, -0.05) is 59.6 Å². The van der Waals surface area contributed by atoms with Gasteiger partial charge in [0.25, 0.3) is 5.91 Å².